The summed E-state index contributed by atoms with van der Waals surface area (Å²) in [6.07, 6.45) is 3.76. The first-order valence-electron chi connectivity index (χ1n) is 9.49. The third kappa shape index (κ3) is 5.35. The van der Waals surface area contributed by atoms with Gasteiger partial charge < -0.3 is 25.2 Å². The summed E-state index contributed by atoms with van der Waals surface area (Å²) in [6, 6.07) is 6.56. The third-order valence-electron chi connectivity index (χ3n) is 4.76. The van der Waals surface area contributed by atoms with Crippen molar-refractivity contribution in [2.75, 3.05) is 44.6 Å². The molecule has 0 unspecified atom stereocenters. The molecule has 0 spiro atoms. The molecular formula is C19H26N4O4. The van der Waals surface area contributed by atoms with E-state index < -0.39 is 0 Å². The Morgan fingerprint density at radius 1 is 1.00 bits per heavy atom. The summed E-state index contributed by atoms with van der Waals surface area (Å²) in [5.74, 6) is 0.0409. The number of rotatable bonds is 5. The molecular weight excluding hydrogens is 348 g/mol. The highest BCUT2D eigenvalue weighted by molar-refractivity contribution is 5.95. The van der Waals surface area contributed by atoms with Crippen molar-refractivity contribution in [3.05, 3.63) is 29.8 Å². The number of urea groups is 1. The average Bonchev–Trinajstić information content (AvgIpc) is 2.70. The van der Waals surface area contributed by atoms with E-state index in [1.54, 1.807) is 29.2 Å². The number of hydrogen-bond acceptors (Lipinski definition) is 4. The van der Waals surface area contributed by atoms with Crippen LogP contribution in [0.4, 0.5) is 15.3 Å². The van der Waals surface area contributed by atoms with E-state index >= 15 is 0 Å². The maximum Gasteiger partial charge on any atom is 0.409 e. The monoisotopic (exact) mass is 374 g/mol. The van der Waals surface area contributed by atoms with Gasteiger partial charge in [-0.1, -0.05) is 0 Å². The average molecular weight is 374 g/mol. The Kier molecular flexibility index (Phi) is 6.51. The fourth-order valence-electron chi connectivity index (χ4n) is 3.26. The molecule has 0 saturated carbocycles. The molecule has 2 aliphatic heterocycles. The SMILES string of the molecule is O=C(NCCN1CCCOC1=O)Nc1ccc(C(=O)N2CCCCC2)cc1. The van der Waals surface area contributed by atoms with Crippen molar-refractivity contribution in [3.63, 3.8) is 0 Å². The zero-order valence-corrected chi connectivity index (χ0v) is 15.4. The molecule has 0 atom stereocenters. The number of piperidine rings is 1. The molecule has 1 aromatic rings. The topological polar surface area (TPSA) is 91.0 Å². The van der Waals surface area contributed by atoms with Gasteiger partial charge in [0.05, 0.1) is 6.61 Å². The van der Waals surface area contributed by atoms with E-state index in [9.17, 15) is 14.4 Å². The molecule has 1 aromatic carbocycles. The number of nitrogens with zero attached hydrogens (tertiary/aromatic N) is 2. The molecule has 8 heteroatoms. The van der Waals surface area contributed by atoms with Gasteiger partial charge >= 0.3 is 12.1 Å². The molecule has 4 amide bonds. The van der Waals surface area contributed by atoms with Crippen molar-refractivity contribution in [2.24, 2.45) is 0 Å². The molecule has 0 aliphatic carbocycles. The van der Waals surface area contributed by atoms with E-state index in [0.717, 1.165) is 32.4 Å². The van der Waals surface area contributed by atoms with Crippen molar-refractivity contribution in [1.82, 2.24) is 15.1 Å². The lowest BCUT2D eigenvalue weighted by Gasteiger charge is -2.26. The summed E-state index contributed by atoms with van der Waals surface area (Å²) in [4.78, 5) is 39.4. The van der Waals surface area contributed by atoms with E-state index in [1.807, 2.05) is 4.90 Å². The van der Waals surface area contributed by atoms with Crippen molar-refractivity contribution < 1.29 is 19.1 Å². The van der Waals surface area contributed by atoms with Crippen LogP contribution in [-0.2, 0) is 4.74 Å². The molecule has 8 nitrogen and oxygen atoms in total. The first kappa shape index (κ1) is 19.0. The fourth-order valence-corrected chi connectivity index (χ4v) is 3.26. The van der Waals surface area contributed by atoms with Gasteiger partial charge in [0.1, 0.15) is 0 Å². The highest BCUT2D eigenvalue weighted by Crippen LogP contribution is 2.15. The van der Waals surface area contributed by atoms with Crippen molar-refractivity contribution in [3.8, 4) is 0 Å². The van der Waals surface area contributed by atoms with Gasteiger partial charge in [0.25, 0.3) is 5.91 Å². The number of cyclic esters (lactones) is 1. The summed E-state index contributed by atoms with van der Waals surface area (Å²) < 4.78 is 4.95. The Morgan fingerprint density at radius 2 is 1.74 bits per heavy atom. The molecule has 3 rings (SSSR count). The lowest BCUT2D eigenvalue weighted by atomic mass is 10.1. The Morgan fingerprint density at radius 3 is 2.44 bits per heavy atom. The van der Waals surface area contributed by atoms with E-state index in [1.165, 1.54) is 6.42 Å². The Labute approximate surface area is 158 Å². The van der Waals surface area contributed by atoms with Crippen LogP contribution in [0.2, 0.25) is 0 Å². The molecule has 0 radical (unpaired) electrons. The molecule has 2 aliphatic rings. The van der Waals surface area contributed by atoms with E-state index in [-0.39, 0.29) is 18.0 Å². The second-order valence-corrected chi connectivity index (χ2v) is 6.77. The normalized spacial score (nSPS) is 17.3. The van der Waals surface area contributed by atoms with E-state index in [2.05, 4.69) is 10.6 Å². The number of amides is 4. The minimum Gasteiger partial charge on any atom is -0.449 e. The van der Waals surface area contributed by atoms with Gasteiger partial charge in [0, 0.05) is 44.0 Å². The highest BCUT2D eigenvalue weighted by atomic mass is 16.6. The summed E-state index contributed by atoms with van der Waals surface area (Å²) in [5, 5.41) is 5.44. The van der Waals surface area contributed by atoms with Crippen LogP contribution < -0.4 is 10.6 Å². The molecule has 0 bridgehead atoms. The largest absolute Gasteiger partial charge is 0.449 e. The van der Waals surface area contributed by atoms with Crippen molar-refractivity contribution in [1.29, 1.82) is 0 Å². The smallest absolute Gasteiger partial charge is 0.409 e. The standard InChI is InChI=1S/C19H26N4O4/c24-17(22-10-2-1-3-11-22)15-5-7-16(8-6-15)21-18(25)20-9-13-23-12-4-14-27-19(23)26/h5-8H,1-4,9-14H2,(H2,20,21,25). The fraction of sp³-hybridized carbons (Fsp3) is 0.526. The number of anilines is 1. The highest BCUT2D eigenvalue weighted by Gasteiger charge is 2.19. The van der Waals surface area contributed by atoms with Crippen LogP contribution in [-0.4, -0.2) is 67.2 Å². The lowest BCUT2D eigenvalue weighted by Crippen LogP contribution is -2.43. The summed E-state index contributed by atoms with van der Waals surface area (Å²) in [7, 11) is 0. The van der Waals surface area contributed by atoms with Gasteiger partial charge in [-0.2, -0.15) is 0 Å². The minimum absolute atomic E-state index is 0.0409. The predicted octanol–water partition coefficient (Wildman–Crippen LogP) is 2.28. The van der Waals surface area contributed by atoms with Crippen LogP contribution in [0.25, 0.3) is 0 Å². The van der Waals surface area contributed by atoms with Crippen LogP contribution >= 0.6 is 0 Å². The van der Waals surface area contributed by atoms with Gasteiger partial charge in [0.2, 0.25) is 0 Å². The zero-order chi connectivity index (χ0) is 19.1. The molecule has 27 heavy (non-hydrogen) atoms. The number of carbonyl (C=O) groups is 3. The van der Waals surface area contributed by atoms with Crippen molar-refractivity contribution in [2.45, 2.75) is 25.7 Å². The number of hydrogen-bond donors (Lipinski definition) is 2. The van der Waals surface area contributed by atoms with Crippen LogP contribution in [0.1, 0.15) is 36.0 Å². The van der Waals surface area contributed by atoms with E-state index in [0.29, 0.717) is 37.5 Å². The van der Waals surface area contributed by atoms with Crippen LogP contribution in [0.5, 0.6) is 0 Å². The third-order valence-corrected chi connectivity index (χ3v) is 4.76. The number of ether oxygens (including phenoxy) is 1. The van der Waals surface area contributed by atoms with Crippen LogP contribution in [0, 0.1) is 0 Å². The summed E-state index contributed by atoms with van der Waals surface area (Å²) >= 11 is 0. The first-order valence-corrected chi connectivity index (χ1v) is 9.49. The molecule has 2 N–H and O–H groups in total. The second-order valence-electron chi connectivity index (χ2n) is 6.77. The molecule has 2 saturated heterocycles. The predicted molar refractivity (Wildman–Crippen MR) is 101 cm³/mol. The quantitative estimate of drug-likeness (QED) is 0.827. The summed E-state index contributed by atoms with van der Waals surface area (Å²) in [5.41, 5.74) is 1.24. The zero-order valence-electron chi connectivity index (χ0n) is 15.4. The molecule has 2 heterocycles. The van der Waals surface area contributed by atoms with Gasteiger partial charge in [-0.05, 0) is 49.9 Å². The number of likely N-dealkylation sites (tertiary alicyclic amines) is 1. The van der Waals surface area contributed by atoms with Gasteiger partial charge in [-0.3, -0.25) is 4.79 Å². The number of nitrogens with one attached hydrogen (secondary N) is 2. The molecule has 146 valence electrons. The maximum atomic E-state index is 12.4. The van der Waals surface area contributed by atoms with Gasteiger partial charge in [-0.25, -0.2) is 9.59 Å². The molecule has 2 fully saturated rings. The maximum absolute atomic E-state index is 12.4. The van der Waals surface area contributed by atoms with Gasteiger partial charge in [0.15, 0.2) is 0 Å². The Hall–Kier alpha value is -2.77. The van der Waals surface area contributed by atoms with Gasteiger partial charge in [-0.15, -0.1) is 0 Å². The summed E-state index contributed by atoms with van der Waals surface area (Å²) in [6.45, 7) is 3.48. The first-order chi connectivity index (χ1) is 13.1. The van der Waals surface area contributed by atoms with Crippen LogP contribution in [0.15, 0.2) is 24.3 Å². The number of benzene rings is 1. The lowest BCUT2D eigenvalue weighted by molar-refractivity contribution is 0.0721. The Balaban J connectivity index is 1.42. The number of carbonyl (C=O) groups excluding carboxylic acids is 3. The van der Waals surface area contributed by atoms with Crippen LogP contribution in [0.3, 0.4) is 0 Å². The van der Waals surface area contributed by atoms with E-state index in [4.69, 9.17) is 4.74 Å². The second kappa shape index (κ2) is 9.25. The minimum atomic E-state index is -0.351. The Bertz CT molecular complexity index is 671. The van der Waals surface area contributed by atoms with Crippen molar-refractivity contribution >= 4 is 23.7 Å². The molecule has 0 aromatic heterocycles.